The maximum atomic E-state index is 12.0. The highest BCUT2D eigenvalue weighted by molar-refractivity contribution is 7.80. The third kappa shape index (κ3) is 4.60. The van der Waals surface area contributed by atoms with Crippen LogP contribution in [0.15, 0.2) is 0 Å². The predicted molar refractivity (Wildman–Crippen MR) is 67.6 cm³/mol. The smallest absolute Gasteiger partial charge is 0.232 e. The van der Waals surface area contributed by atoms with Gasteiger partial charge in [-0.3, -0.25) is 4.79 Å². The zero-order valence-electron chi connectivity index (χ0n) is 10.3. The first-order valence-corrected chi connectivity index (χ1v) is 5.72. The number of amides is 1. The van der Waals surface area contributed by atoms with Crippen LogP contribution < -0.4 is 5.73 Å². The second-order valence-electron chi connectivity index (χ2n) is 4.74. The van der Waals surface area contributed by atoms with E-state index in [0.717, 1.165) is 6.54 Å². The van der Waals surface area contributed by atoms with Gasteiger partial charge in [0.2, 0.25) is 5.91 Å². The average Bonchev–Trinajstić information content (AvgIpc) is 2.00. The third-order valence-corrected chi connectivity index (χ3v) is 2.51. The van der Waals surface area contributed by atoms with Gasteiger partial charge in [-0.2, -0.15) is 0 Å². The Morgan fingerprint density at radius 1 is 1.33 bits per heavy atom. The zero-order chi connectivity index (χ0) is 12.2. The van der Waals surface area contributed by atoms with Crippen LogP contribution in [0.4, 0.5) is 0 Å². The highest BCUT2D eigenvalue weighted by atomic mass is 32.1. The van der Waals surface area contributed by atoms with E-state index >= 15 is 0 Å². The summed E-state index contributed by atoms with van der Waals surface area (Å²) < 4.78 is 0. The molecule has 15 heavy (non-hydrogen) atoms. The lowest BCUT2D eigenvalue weighted by Crippen LogP contribution is -2.43. The summed E-state index contributed by atoms with van der Waals surface area (Å²) in [6.45, 7) is 8.82. The van der Waals surface area contributed by atoms with Crippen molar-refractivity contribution in [2.24, 2.45) is 23.5 Å². The standard InChI is InChI=1S/C11H22N2OS/c1-7(2)6-13(5)11(14)9(8(3)4)10(12)15/h7-9H,6H2,1-5H3,(H2,12,15). The van der Waals surface area contributed by atoms with Gasteiger partial charge in [-0.25, -0.2) is 0 Å². The van der Waals surface area contributed by atoms with E-state index in [1.165, 1.54) is 0 Å². The Morgan fingerprint density at radius 2 is 1.80 bits per heavy atom. The highest BCUT2D eigenvalue weighted by Gasteiger charge is 2.27. The van der Waals surface area contributed by atoms with Gasteiger partial charge in [-0.1, -0.05) is 39.9 Å². The van der Waals surface area contributed by atoms with Gasteiger partial charge in [-0.15, -0.1) is 0 Å². The number of hydrogen-bond donors (Lipinski definition) is 1. The second kappa shape index (κ2) is 6.05. The fourth-order valence-electron chi connectivity index (χ4n) is 1.61. The van der Waals surface area contributed by atoms with Crippen LogP contribution in [0.25, 0.3) is 0 Å². The molecular weight excluding hydrogens is 208 g/mol. The minimum absolute atomic E-state index is 0.0335. The van der Waals surface area contributed by atoms with Gasteiger partial charge in [0.25, 0.3) is 0 Å². The first-order chi connectivity index (χ1) is 6.77. The number of nitrogens with two attached hydrogens (primary N) is 1. The van der Waals surface area contributed by atoms with E-state index in [1.807, 2.05) is 13.8 Å². The molecule has 0 spiro atoms. The second-order valence-corrected chi connectivity index (χ2v) is 5.21. The van der Waals surface area contributed by atoms with Gasteiger partial charge in [0.1, 0.15) is 0 Å². The molecule has 0 aromatic carbocycles. The molecule has 0 radical (unpaired) electrons. The molecule has 0 saturated heterocycles. The Kier molecular flexibility index (Phi) is 5.80. The van der Waals surface area contributed by atoms with Crippen molar-refractivity contribution in [3.05, 3.63) is 0 Å². The van der Waals surface area contributed by atoms with Crippen LogP contribution in [-0.4, -0.2) is 29.4 Å². The first kappa shape index (κ1) is 14.4. The summed E-state index contributed by atoms with van der Waals surface area (Å²) in [5, 5.41) is 0. The molecule has 0 aliphatic rings. The molecule has 1 unspecified atom stereocenters. The quantitative estimate of drug-likeness (QED) is 0.731. The molecule has 1 amide bonds. The van der Waals surface area contributed by atoms with Crippen molar-refractivity contribution in [2.75, 3.05) is 13.6 Å². The average molecular weight is 230 g/mol. The Labute approximate surface area is 98.0 Å². The maximum absolute atomic E-state index is 12.0. The third-order valence-electron chi connectivity index (χ3n) is 2.25. The molecule has 4 heteroatoms. The molecule has 0 heterocycles. The first-order valence-electron chi connectivity index (χ1n) is 5.31. The van der Waals surface area contributed by atoms with Crippen LogP contribution in [0.2, 0.25) is 0 Å². The fraction of sp³-hybridized carbons (Fsp3) is 0.818. The number of carbonyl (C=O) groups excluding carboxylic acids is 1. The normalized spacial score (nSPS) is 13.0. The van der Waals surface area contributed by atoms with E-state index in [4.69, 9.17) is 18.0 Å². The highest BCUT2D eigenvalue weighted by Crippen LogP contribution is 2.15. The van der Waals surface area contributed by atoms with Gasteiger partial charge in [0.15, 0.2) is 0 Å². The van der Waals surface area contributed by atoms with Crippen molar-refractivity contribution in [3.8, 4) is 0 Å². The molecule has 2 N–H and O–H groups in total. The number of nitrogens with zero attached hydrogens (tertiary/aromatic N) is 1. The lowest BCUT2D eigenvalue weighted by molar-refractivity contribution is -0.133. The Bertz CT molecular complexity index is 239. The lowest BCUT2D eigenvalue weighted by atomic mass is 9.94. The Hall–Kier alpha value is -0.640. The van der Waals surface area contributed by atoms with Crippen LogP contribution in [0, 0.1) is 17.8 Å². The van der Waals surface area contributed by atoms with Crippen molar-refractivity contribution in [1.82, 2.24) is 4.90 Å². The van der Waals surface area contributed by atoms with Crippen LogP contribution in [0.3, 0.4) is 0 Å². The lowest BCUT2D eigenvalue weighted by Gasteiger charge is -2.26. The predicted octanol–water partition coefficient (Wildman–Crippen LogP) is 1.66. The molecule has 0 aromatic rings. The van der Waals surface area contributed by atoms with E-state index in [0.29, 0.717) is 10.9 Å². The van der Waals surface area contributed by atoms with Gasteiger partial charge in [0.05, 0.1) is 10.9 Å². The summed E-state index contributed by atoms with van der Waals surface area (Å²) in [5.74, 6) is 0.317. The molecule has 0 fully saturated rings. The van der Waals surface area contributed by atoms with Crippen LogP contribution in [0.5, 0.6) is 0 Å². The molecule has 0 aromatic heterocycles. The Balaban J connectivity index is 4.57. The minimum Gasteiger partial charge on any atom is -0.393 e. The molecule has 1 atom stereocenters. The number of rotatable bonds is 5. The van der Waals surface area contributed by atoms with Crippen molar-refractivity contribution in [3.63, 3.8) is 0 Å². The molecule has 3 nitrogen and oxygen atoms in total. The molecule has 0 aliphatic heterocycles. The summed E-state index contributed by atoms with van der Waals surface area (Å²) in [4.78, 5) is 14.0. The van der Waals surface area contributed by atoms with E-state index in [-0.39, 0.29) is 17.7 Å². The van der Waals surface area contributed by atoms with Gasteiger partial charge >= 0.3 is 0 Å². The van der Waals surface area contributed by atoms with Crippen LogP contribution in [-0.2, 0) is 4.79 Å². The molecule has 88 valence electrons. The zero-order valence-corrected chi connectivity index (χ0v) is 11.1. The Morgan fingerprint density at radius 3 is 2.07 bits per heavy atom. The monoisotopic (exact) mass is 230 g/mol. The summed E-state index contributed by atoms with van der Waals surface area (Å²) in [7, 11) is 1.80. The van der Waals surface area contributed by atoms with Crippen molar-refractivity contribution >= 4 is 23.1 Å². The molecule has 0 bridgehead atoms. The number of carbonyl (C=O) groups is 1. The summed E-state index contributed by atoms with van der Waals surface area (Å²) in [6, 6.07) is 0. The topological polar surface area (TPSA) is 46.3 Å². The molecule has 0 saturated carbocycles. The SMILES string of the molecule is CC(C)CN(C)C(=O)C(C(N)=S)C(C)C. The van der Waals surface area contributed by atoms with E-state index in [2.05, 4.69) is 13.8 Å². The summed E-state index contributed by atoms with van der Waals surface area (Å²) >= 11 is 4.93. The fourth-order valence-corrected chi connectivity index (χ4v) is 1.98. The van der Waals surface area contributed by atoms with E-state index in [9.17, 15) is 4.79 Å². The maximum Gasteiger partial charge on any atom is 0.232 e. The summed E-state index contributed by atoms with van der Waals surface area (Å²) in [6.07, 6.45) is 0. The van der Waals surface area contributed by atoms with Crippen molar-refractivity contribution in [1.29, 1.82) is 0 Å². The van der Waals surface area contributed by atoms with Gasteiger partial charge in [-0.05, 0) is 11.8 Å². The molecular formula is C11H22N2OS. The van der Waals surface area contributed by atoms with E-state index in [1.54, 1.807) is 11.9 Å². The van der Waals surface area contributed by atoms with Crippen LogP contribution >= 0.6 is 12.2 Å². The number of hydrogen-bond acceptors (Lipinski definition) is 2. The van der Waals surface area contributed by atoms with Gasteiger partial charge < -0.3 is 10.6 Å². The van der Waals surface area contributed by atoms with Crippen LogP contribution in [0.1, 0.15) is 27.7 Å². The largest absolute Gasteiger partial charge is 0.393 e. The van der Waals surface area contributed by atoms with E-state index < -0.39 is 0 Å². The van der Waals surface area contributed by atoms with Crippen molar-refractivity contribution < 1.29 is 4.79 Å². The molecule has 0 rings (SSSR count). The van der Waals surface area contributed by atoms with Gasteiger partial charge in [0, 0.05) is 13.6 Å². The number of thiocarbonyl (C=S) groups is 1. The molecule has 0 aliphatic carbocycles. The minimum atomic E-state index is -0.330. The van der Waals surface area contributed by atoms with Crippen molar-refractivity contribution in [2.45, 2.75) is 27.7 Å². The summed E-state index contributed by atoms with van der Waals surface area (Å²) in [5.41, 5.74) is 5.59.